The smallest absolute Gasteiger partial charge is 0.151 e. The van der Waals surface area contributed by atoms with Gasteiger partial charge in [0, 0.05) is 24.2 Å². The van der Waals surface area contributed by atoms with Gasteiger partial charge in [0.25, 0.3) is 0 Å². The van der Waals surface area contributed by atoms with E-state index in [1.807, 2.05) is 35.0 Å². The van der Waals surface area contributed by atoms with Crippen LogP contribution in [0.15, 0.2) is 30.6 Å². The predicted molar refractivity (Wildman–Crippen MR) is 61.8 cm³/mol. The van der Waals surface area contributed by atoms with Crippen molar-refractivity contribution >= 4 is 23.0 Å². The van der Waals surface area contributed by atoms with Crippen molar-refractivity contribution in [3.63, 3.8) is 0 Å². The SMILES string of the molecule is O=C(CCl)C1CC1c1cn2ccccc2n1. The van der Waals surface area contributed by atoms with E-state index in [1.165, 1.54) is 0 Å². The number of nitrogens with zero attached hydrogens (tertiary/aromatic N) is 2. The Kier molecular flexibility index (Phi) is 2.21. The molecule has 2 heterocycles. The Hall–Kier alpha value is -1.35. The number of ketones is 1. The third kappa shape index (κ3) is 1.52. The molecule has 0 saturated heterocycles. The minimum Gasteiger partial charge on any atom is -0.307 e. The molecule has 2 atom stereocenters. The number of carbonyl (C=O) groups excluding carboxylic acids is 1. The van der Waals surface area contributed by atoms with Gasteiger partial charge in [-0.05, 0) is 18.6 Å². The number of fused-ring (bicyclic) bond motifs is 1. The van der Waals surface area contributed by atoms with Crippen molar-refractivity contribution in [3.8, 4) is 0 Å². The maximum Gasteiger partial charge on any atom is 0.151 e. The van der Waals surface area contributed by atoms with Crippen molar-refractivity contribution in [1.29, 1.82) is 0 Å². The average molecular weight is 235 g/mol. The molecule has 0 aliphatic heterocycles. The summed E-state index contributed by atoms with van der Waals surface area (Å²) in [6.07, 6.45) is 4.86. The van der Waals surface area contributed by atoms with Gasteiger partial charge in [-0.1, -0.05) is 6.07 Å². The summed E-state index contributed by atoms with van der Waals surface area (Å²) in [6, 6.07) is 5.89. The number of pyridine rings is 1. The van der Waals surface area contributed by atoms with Crippen molar-refractivity contribution in [2.45, 2.75) is 12.3 Å². The fraction of sp³-hybridized carbons (Fsp3) is 0.333. The Morgan fingerprint density at radius 2 is 2.44 bits per heavy atom. The first kappa shape index (κ1) is 9.85. The molecule has 0 amide bonds. The molecule has 0 bridgehead atoms. The first-order valence-corrected chi connectivity index (χ1v) is 5.85. The minimum absolute atomic E-state index is 0.0995. The van der Waals surface area contributed by atoms with Gasteiger partial charge >= 0.3 is 0 Å². The zero-order chi connectivity index (χ0) is 11.1. The predicted octanol–water partition coefficient (Wildman–Crippen LogP) is 2.25. The summed E-state index contributed by atoms with van der Waals surface area (Å²) in [7, 11) is 0. The van der Waals surface area contributed by atoms with Gasteiger partial charge in [0.2, 0.25) is 0 Å². The van der Waals surface area contributed by atoms with Crippen LogP contribution in [0.5, 0.6) is 0 Å². The molecular formula is C12H11ClN2O. The van der Waals surface area contributed by atoms with Gasteiger partial charge in [-0.3, -0.25) is 4.79 Å². The normalized spacial score (nSPS) is 23.6. The molecule has 0 aromatic carbocycles. The lowest BCUT2D eigenvalue weighted by Crippen LogP contribution is -2.03. The number of Topliss-reactive ketones (excluding diaryl/α,β-unsaturated/α-hetero) is 1. The largest absolute Gasteiger partial charge is 0.307 e. The van der Waals surface area contributed by atoms with Crippen LogP contribution in [0.1, 0.15) is 18.0 Å². The summed E-state index contributed by atoms with van der Waals surface area (Å²) in [6.45, 7) is 0. The fourth-order valence-corrected chi connectivity index (χ4v) is 2.31. The molecule has 2 aromatic rings. The van der Waals surface area contributed by atoms with Crippen LogP contribution in [0, 0.1) is 5.92 Å². The Bertz CT molecular complexity index is 516. The number of halogens is 1. The highest BCUT2D eigenvalue weighted by Crippen LogP contribution is 2.47. The number of alkyl halides is 1. The molecule has 2 aromatic heterocycles. The van der Waals surface area contributed by atoms with E-state index in [1.54, 1.807) is 0 Å². The number of aromatic nitrogens is 2. The van der Waals surface area contributed by atoms with Crippen molar-refractivity contribution in [2.24, 2.45) is 5.92 Å². The zero-order valence-electron chi connectivity index (χ0n) is 8.64. The number of rotatable bonds is 3. The highest BCUT2D eigenvalue weighted by Gasteiger charge is 2.44. The number of imidazole rings is 1. The number of carbonyl (C=O) groups is 1. The molecule has 3 nitrogen and oxygen atoms in total. The summed E-state index contributed by atoms with van der Waals surface area (Å²) in [5, 5.41) is 0. The lowest BCUT2D eigenvalue weighted by atomic mass is 10.2. The monoisotopic (exact) mass is 234 g/mol. The molecule has 82 valence electrons. The van der Waals surface area contributed by atoms with Crippen molar-refractivity contribution in [3.05, 3.63) is 36.3 Å². The summed E-state index contributed by atoms with van der Waals surface area (Å²) >= 11 is 5.54. The standard InChI is InChI=1S/C12H11ClN2O/c13-6-11(16)9-5-8(9)10-7-15-4-2-1-3-12(15)14-10/h1-4,7-9H,5-6H2. The molecule has 0 N–H and O–H groups in total. The Morgan fingerprint density at radius 3 is 3.19 bits per heavy atom. The van der Waals surface area contributed by atoms with E-state index in [0.717, 1.165) is 17.8 Å². The first-order valence-electron chi connectivity index (χ1n) is 5.32. The molecule has 2 unspecified atom stereocenters. The van der Waals surface area contributed by atoms with Crippen LogP contribution in [0.25, 0.3) is 5.65 Å². The van der Waals surface area contributed by atoms with Crippen LogP contribution in [0.3, 0.4) is 0 Å². The fourth-order valence-electron chi connectivity index (χ4n) is 2.11. The van der Waals surface area contributed by atoms with Gasteiger partial charge in [-0.2, -0.15) is 0 Å². The highest BCUT2D eigenvalue weighted by atomic mass is 35.5. The van der Waals surface area contributed by atoms with Crippen LogP contribution in [0.2, 0.25) is 0 Å². The van der Waals surface area contributed by atoms with Gasteiger partial charge in [-0.25, -0.2) is 4.98 Å². The van der Waals surface area contributed by atoms with Gasteiger partial charge in [-0.15, -0.1) is 11.6 Å². The topological polar surface area (TPSA) is 34.4 Å². The van der Waals surface area contributed by atoms with Gasteiger partial charge in [0.05, 0.1) is 11.6 Å². The quantitative estimate of drug-likeness (QED) is 0.764. The molecular weight excluding hydrogens is 224 g/mol. The molecule has 1 aliphatic carbocycles. The zero-order valence-corrected chi connectivity index (χ0v) is 9.39. The van der Waals surface area contributed by atoms with Crippen molar-refractivity contribution in [1.82, 2.24) is 9.38 Å². The molecule has 3 rings (SSSR count). The van der Waals surface area contributed by atoms with Crippen LogP contribution >= 0.6 is 11.6 Å². The summed E-state index contributed by atoms with van der Waals surface area (Å²) in [5.41, 5.74) is 1.94. The Morgan fingerprint density at radius 1 is 1.56 bits per heavy atom. The van der Waals surface area contributed by atoms with Crippen LogP contribution in [-0.4, -0.2) is 21.0 Å². The number of hydrogen-bond donors (Lipinski definition) is 0. The van der Waals surface area contributed by atoms with E-state index < -0.39 is 0 Å². The summed E-state index contributed by atoms with van der Waals surface area (Å²) in [4.78, 5) is 15.9. The lowest BCUT2D eigenvalue weighted by molar-refractivity contribution is -0.117. The molecule has 4 heteroatoms. The van der Waals surface area contributed by atoms with Crippen LogP contribution in [0.4, 0.5) is 0 Å². The van der Waals surface area contributed by atoms with Crippen LogP contribution < -0.4 is 0 Å². The molecule has 1 aliphatic rings. The second kappa shape index (κ2) is 3.59. The van der Waals surface area contributed by atoms with E-state index in [9.17, 15) is 4.79 Å². The molecule has 16 heavy (non-hydrogen) atoms. The second-order valence-corrected chi connectivity index (χ2v) is 4.45. The lowest BCUT2D eigenvalue weighted by Gasteiger charge is -1.91. The molecule has 0 radical (unpaired) electrons. The Labute approximate surface area is 98.1 Å². The molecule has 1 fully saturated rings. The van der Waals surface area contributed by atoms with E-state index in [2.05, 4.69) is 4.98 Å². The minimum atomic E-state index is 0.0995. The van der Waals surface area contributed by atoms with E-state index in [-0.39, 0.29) is 23.5 Å². The van der Waals surface area contributed by atoms with Crippen molar-refractivity contribution < 1.29 is 4.79 Å². The van der Waals surface area contributed by atoms with Gasteiger partial charge < -0.3 is 4.40 Å². The Balaban J connectivity index is 1.89. The summed E-state index contributed by atoms with van der Waals surface area (Å²) < 4.78 is 1.98. The van der Waals surface area contributed by atoms with E-state index in [4.69, 9.17) is 11.6 Å². The summed E-state index contributed by atoms with van der Waals surface area (Å²) in [5.74, 6) is 0.645. The maximum atomic E-state index is 11.4. The van der Waals surface area contributed by atoms with Crippen molar-refractivity contribution in [2.75, 3.05) is 5.88 Å². The van der Waals surface area contributed by atoms with Gasteiger partial charge in [0.1, 0.15) is 5.65 Å². The van der Waals surface area contributed by atoms with E-state index in [0.29, 0.717) is 0 Å². The average Bonchev–Trinajstić information content (AvgIpc) is 3.00. The maximum absolute atomic E-state index is 11.4. The number of hydrogen-bond acceptors (Lipinski definition) is 2. The van der Waals surface area contributed by atoms with Gasteiger partial charge in [0.15, 0.2) is 5.78 Å². The molecule has 1 saturated carbocycles. The second-order valence-electron chi connectivity index (χ2n) is 4.18. The van der Waals surface area contributed by atoms with Crippen LogP contribution in [-0.2, 0) is 4.79 Å². The molecule has 0 spiro atoms. The van der Waals surface area contributed by atoms with E-state index >= 15 is 0 Å². The third-order valence-corrected chi connectivity index (χ3v) is 3.36. The highest BCUT2D eigenvalue weighted by molar-refractivity contribution is 6.28. The first-order chi connectivity index (χ1) is 7.79. The third-order valence-electron chi connectivity index (χ3n) is 3.10.